The van der Waals surface area contributed by atoms with Gasteiger partial charge in [0.2, 0.25) is 0 Å². The van der Waals surface area contributed by atoms with Crippen LogP contribution < -0.4 is 0 Å². The van der Waals surface area contributed by atoms with Crippen LogP contribution in [0.15, 0.2) is 17.0 Å². The quantitative estimate of drug-likeness (QED) is 0.588. The highest BCUT2D eigenvalue weighted by Crippen LogP contribution is 2.44. The first kappa shape index (κ1) is 16.6. The van der Waals surface area contributed by atoms with Crippen LogP contribution in [0.2, 0.25) is 0 Å². The molecular weight excluding hydrogens is 248 g/mol. The largest absolute Gasteiger partial charge is 0.126 e. The monoisotopic (exact) mass is 278 g/mol. The van der Waals surface area contributed by atoms with Gasteiger partial charge in [-0.2, -0.15) is 0 Å². The highest BCUT2D eigenvalue weighted by atomic mass is 32.2. The first-order valence-corrected chi connectivity index (χ1v) is 9.07. The van der Waals surface area contributed by atoms with E-state index in [1.165, 1.54) is 37.9 Å². The molecule has 1 heteroatoms. The van der Waals surface area contributed by atoms with Crippen LogP contribution in [-0.2, 0) is 12.8 Å². The van der Waals surface area contributed by atoms with E-state index in [2.05, 4.69) is 32.9 Å². The van der Waals surface area contributed by atoms with E-state index in [4.69, 9.17) is 0 Å². The van der Waals surface area contributed by atoms with Crippen molar-refractivity contribution in [1.82, 2.24) is 0 Å². The second-order valence-corrected chi connectivity index (χ2v) is 6.20. The molecule has 1 aromatic rings. The van der Waals surface area contributed by atoms with Crippen molar-refractivity contribution in [1.29, 1.82) is 0 Å². The van der Waals surface area contributed by atoms with Crippen molar-refractivity contribution in [2.75, 3.05) is 5.75 Å². The molecule has 1 aliphatic heterocycles. The van der Waals surface area contributed by atoms with E-state index in [0.29, 0.717) is 0 Å². The van der Waals surface area contributed by atoms with Crippen molar-refractivity contribution < 1.29 is 0 Å². The van der Waals surface area contributed by atoms with Crippen molar-refractivity contribution in [3.05, 3.63) is 28.8 Å². The number of hydrogen-bond donors (Lipinski definition) is 0. The Balaban J connectivity index is 0.000000321. The average molecular weight is 279 g/mol. The third-order valence-electron chi connectivity index (χ3n) is 3.68. The molecule has 0 amide bonds. The van der Waals surface area contributed by atoms with Crippen LogP contribution in [0.5, 0.6) is 0 Å². The Bertz CT molecular complexity index is 382. The zero-order valence-corrected chi connectivity index (χ0v) is 14.2. The van der Waals surface area contributed by atoms with Gasteiger partial charge in [0.15, 0.2) is 0 Å². The van der Waals surface area contributed by atoms with E-state index < -0.39 is 0 Å². The Kier molecular flexibility index (Phi) is 7.60. The van der Waals surface area contributed by atoms with Crippen LogP contribution in [0.3, 0.4) is 0 Å². The van der Waals surface area contributed by atoms with E-state index in [0.717, 1.165) is 5.92 Å². The van der Waals surface area contributed by atoms with Gasteiger partial charge in [0, 0.05) is 10.6 Å². The maximum absolute atomic E-state index is 2.38. The van der Waals surface area contributed by atoms with Gasteiger partial charge in [-0.3, -0.25) is 0 Å². The van der Waals surface area contributed by atoms with Gasteiger partial charge >= 0.3 is 0 Å². The second kappa shape index (κ2) is 8.68. The van der Waals surface area contributed by atoms with Crippen molar-refractivity contribution in [3.63, 3.8) is 0 Å². The average Bonchev–Trinajstić information content (AvgIpc) is 3.07. The number of fused-ring (bicyclic) bond motifs is 3. The fourth-order valence-corrected chi connectivity index (χ4v) is 4.03. The topological polar surface area (TPSA) is 0 Å². The molecule has 0 nitrogen and oxygen atoms in total. The van der Waals surface area contributed by atoms with Crippen molar-refractivity contribution >= 4 is 11.8 Å². The molecule has 0 radical (unpaired) electrons. The summed E-state index contributed by atoms with van der Waals surface area (Å²) >= 11 is 2.05. The lowest BCUT2D eigenvalue weighted by molar-refractivity contribution is 0.651. The molecule has 1 heterocycles. The van der Waals surface area contributed by atoms with E-state index in [-0.39, 0.29) is 0 Å². The van der Waals surface area contributed by atoms with Crippen LogP contribution in [0.1, 0.15) is 76.5 Å². The van der Waals surface area contributed by atoms with Crippen LogP contribution >= 0.6 is 11.8 Å². The summed E-state index contributed by atoms with van der Waals surface area (Å²) in [6, 6.07) is 4.73. The molecule has 0 bridgehead atoms. The van der Waals surface area contributed by atoms with Gasteiger partial charge in [-0.1, -0.05) is 47.1 Å². The SMILES string of the molecule is CC.CCC.CCC1CCc2ccc3c(c21)CCS3. The Morgan fingerprint density at radius 3 is 2.42 bits per heavy atom. The van der Waals surface area contributed by atoms with Crippen LogP contribution in [0.4, 0.5) is 0 Å². The maximum atomic E-state index is 2.38. The fraction of sp³-hybridized carbons (Fsp3) is 0.667. The first-order valence-electron chi connectivity index (χ1n) is 8.09. The lowest BCUT2D eigenvalue weighted by Crippen LogP contribution is -1.97. The molecule has 0 fully saturated rings. The Hall–Kier alpha value is -0.430. The van der Waals surface area contributed by atoms with Crippen LogP contribution in [0.25, 0.3) is 0 Å². The lowest BCUT2D eigenvalue weighted by Gasteiger charge is -2.13. The Morgan fingerprint density at radius 2 is 1.79 bits per heavy atom. The zero-order chi connectivity index (χ0) is 14.3. The summed E-state index contributed by atoms with van der Waals surface area (Å²) in [5.41, 5.74) is 5.10. The summed E-state index contributed by atoms with van der Waals surface area (Å²) < 4.78 is 0. The minimum Gasteiger partial charge on any atom is -0.126 e. The molecule has 19 heavy (non-hydrogen) atoms. The fourth-order valence-electron chi connectivity index (χ4n) is 2.96. The Labute approximate surface area is 124 Å². The zero-order valence-electron chi connectivity index (χ0n) is 13.4. The summed E-state index contributed by atoms with van der Waals surface area (Å²) in [7, 11) is 0. The van der Waals surface area contributed by atoms with E-state index in [9.17, 15) is 0 Å². The van der Waals surface area contributed by atoms with Gasteiger partial charge in [0.1, 0.15) is 0 Å². The van der Waals surface area contributed by atoms with E-state index in [1.54, 1.807) is 21.6 Å². The number of thioether (sulfide) groups is 1. The van der Waals surface area contributed by atoms with Crippen LogP contribution in [-0.4, -0.2) is 5.75 Å². The molecule has 1 atom stereocenters. The molecule has 1 unspecified atom stereocenters. The van der Waals surface area contributed by atoms with Crippen molar-refractivity contribution in [2.45, 2.75) is 77.5 Å². The molecule has 108 valence electrons. The number of aryl methyl sites for hydroxylation is 1. The molecular formula is C18H30S. The summed E-state index contributed by atoms with van der Waals surface area (Å²) in [5.74, 6) is 2.18. The third kappa shape index (κ3) is 3.78. The second-order valence-electron chi connectivity index (χ2n) is 5.06. The summed E-state index contributed by atoms with van der Waals surface area (Å²) in [4.78, 5) is 1.57. The van der Waals surface area contributed by atoms with Crippen molar-refractivity contribution in [2.24, 2.45) is 0 Å². The molecule has 0 N–H and O–H groups in total. The molecule has 2 aliphatic rings. The predicted octanol–water partition coefficient (Wildman–Crippen LogP) is 6.22. The number of rotatable bonds is 1. The molecule has 3 rings (SSSR count). The smallest absolute Gasteiger partial charge is 0.0107 e. The van der Waals surface area contributed by atoms with Gasteiger partial charge in [0.25, 0.3) is 0 Å². The van der Waals surface area contributed by atoms with E-state index in [1.807, 2.05) is 25.6 Å². The first-order chi connectivity index (χ1) is 9.31. The third-order valence-corrected chi connectivity index (χ3v) is 4.78. The van der Waals surface area contributed by atoms with Gasteiger partial charge in [0.05, 0.1) is 0 Å². The summed E-state index contributed by atoms with van der Waals surface area (Å²) in [5, 5.41) is 0. The lowest BCUT2D eigenvalue weighted by atomic mass is 9.93. The standard InChI is InChI=1S/C13H16S.C3H8.C2H6/c1-2-9-3-4-10-5-6-12-11(13(9)10)7-8-14-12;1-3-2;1-2/h5-6,9H,2-4,7-8H2,1H3;3H2,1-2H3;1-2H3. The molecule has 0 aromatic heterocycles. The molecule has 0 saturated carbocycles. The Morgan fingerprint density at radius 1 is 1.11 bits per heavy atom. The van der Waals surface area contributed by atoms with Gasteiger partial charge < -0.3 is 0 Å². The van der Waals surface area contributed by atoms with Crippen LogP contribution in [0, 0.1) is 0 Å². The summed E-state index contributed by atoms with van der Waals surface area (Å²) in [6.45, 7) is 10.6. The molecule has 0 saturated heterocycles. The highest BCUT2D eigenvalue weighted by Gasteiger charge is 2.27. The molecule has 0 spiro atoms. The highest BCUT2D eigenvalue weighted by molar-refractivity contribution is 7.99. The molecule has 1 aliphatic carbocycles. The van der Waals surface area contributed by atoms with Gasteiger partial charge in [-0.15, -0.1) is 11.8 Å². The predicted molar refractivity (Wildman–Crippen MR) is 89.5 cm³/mol. The maximum Gasteiger partial charge on any atom is 0.0107 e. The van der Waals surface area contributed by atoms with E-state index >= 15 is 0 Å². The minimum atomic E-state index is 0.874. The molecule has 1 aromatic carbocycles. The number of benzene rings is 1. The number of hydrogen-bond acceptors (Lipinski definition) is 1. The van der Waals surface area contributed by atoms with Gasteiger partial charge in [-0.05, 0) is 54.4 Å². The van der Waals surface area contributed by atoms with Crippen molar-refractivity contribution in [3.8, 4) is 0 Å². The van der Waals surface area contributed by atoms with Gasteiger partial charge in [-0.25, -0.2) is 0 Å². The summed E-state index contributed by atoms with van der Waals surface area (Å²) in [6.07, 6.45) is 6.62. The normalized spacial score (nSPS) is 18.7. The minimum absolute atomic E-state index is 0.874.